The van der Waals surface area contributed by atoms with Crippen LogP contribution in [0.3, 0.4) is 0 Å². The van der Waals surface area contributed by atoms with Crippen molar-refractivity contribution in [1.29, 1.82) is 0 Å². The van der Waals surface area contributed by atoms with Gasteiger partial charge in [0, 0.05) is 25.2 Å². The minimum Gasteiger partial charge on any atom is -0.461 e. The van der Waals surface area contributed by atoms with Crippen LogP contribution in [0.2, 0.25) is 0 Å². The molecule has 0 spiro atoms. The Kier molecular flexibility index (Phi) is 6.25. The number of esters is 1. The van der Waals surface area contributed by atoms with Crippen molar-refractivity contribution in [2.24, 2.45) is 0 Å². The van der Waals surface area contributed by atoms with Crippen molar-refractivity contribution >= 4 is 17.8 Å². The number of nitrogens with zero attached hydrogens (tertiary/aromatic N) is 1. The van der Waals surface area contributed by atoms with Gasteiger partial charge in [0.15, 0.2) is 5.76 Å². The average molecular weight is 370 g/mol. The summed E-state index contributed by atoms with van der Waals surface area (Å²) in [6, 6.07) is 10.3. The van der Waals surface area contributed by atoms with Crippen LogP contribution in [0.1, 0.15) is 45.7 Å². The first kappa shape index (κ1) is 18.7. The van der Waals surface area contributed by atoms with Crippen LogP contribution in [0.5, 0.6) is 0 Å². The zero-order valence-corrected chi connectivity index (χ0v) is 15.0. The molecule has 0 atom stereocenters. The number of nitrogens with one attached hydrogen (secondary N) is 1. The standard InChI is InChI=1S/C20H22N2O5/c23-18(9-10-21-19(24)17-4-3-13-26-17)27-14-15-5-7-16(8-6-15)20(25)22-11-1-2-12-22/h3-8,13H,1-2,9-12,14H2,(H,21,24). The summed E-state index contributed by atoms with van der Waals surface area (Å²) in [6.45, 7) is 1.92. The van der Waals surface area contributed by atoms with E-state index in [2.05, 4.69) is 5.32 Å². The Balaban J connectivity index is 1.38. The molecule has 2 aromatic rings. The normalized spacial score (nSPS) is 13.4. The topological polar surface area (TPSA) is 88.9 Å². The Morgan fingerprint density at radius 1 is 1.07 bits per heavy atom. The Hall–Kier alpha value is -3.09. The molecule has 0 radical (unpaired) electrons. The van der Waals surface area contributed by atoms with Gasteiger partial charge in [-0.3, -0.25) is 14.4 Å². The van der Waals surface area contributed by atoms with E-state index in [1.807, 2.05) is 4.90 Å². The van der Waals surface area contributed by atoms with Gasteiger partial charge in [0.1, 0.15) is 6.61 Å². The van der Waals surface area contributed by atoms with E-state index in [-0.39, 0.29) is 37.1 Å². The Morgan fingerprint density at radius 3 is 2.48 bits per heavy atom. The molecule has 27 heavy (non-hydrogen) atoms. The predicted octanol–water partition coefficient (Wildman–Crippen LogP) is 2.38. The lowest BCUT2D eigenvalue weighted by molar-refractivity contribution is -0.144. The maximum absolute atomic E-state index is 12.3. The number of ether oxygens (including phenoxy) is 1. The van der Waals surface area contributed by atoms with Gasteiger partial charge < -0.3 is 19.4 Å². The van der Waals surface area contributed by atoms with Crippen molar-refractivity contribution in [1.82, 2.24) is 10.2 Å². The van der Waals surface area contributed by atoms with Crippen LogP contribution in [0.4, 0.5) is 0 Å². The number of hydrogen-bond donors (Lipinski definition) is 1. The van der Waals surface area contributed by atoms with E-state index in [1.165, 1.54) is 6.26 Å². The van der Waals surface area contributed by atoms with Crippen molar-refractivity contribution in [3.05, 3.63) is 59.5 Å². The highest BCUT2D eigenvalue weighted by atomic mass is 16.5. The third kappa shape index (κ3) is 5.20. The van der Waals surface area contributed by atoms with E-state index in [0.717, 1.165) is 31.5 Å². The third-order valence-electron chi connectivity index (χ3n) is 4.35. The summed E-state index contributed by atoms with van der Waals surface area (Å²) in [5.41, 5.74) is 1.45. The van der Waals surface area contributed by atoms with E-state index < -0.39 is 5.97 Å². The van der Waals surface area contributed by atoms with Gasteiger partial charge in [0.2, 0.25) is 0 Å². The molecule has 7 nitrogen and oxygen atoms in total. The zero-order valence-electron chi connectivity index (χ0n) is 15.0. The lowest BCUT2D eigenvalue weighted by Gasteiger charge is -2.15. The zero-order chi connectivity index (χ0) is 19.1. The van der Waals surface area contributed by atoms with Gasteiger partial charge in [0.05, 0.1) is 12.7 Å². The molecule has 1 fully saturated rings. The van der Waals surface area contributed by atoms with E-state index in [9.17, 15) is 14.4 Å². The lowest BCUT2D eigenvalue weighted by atomic mass is 10.1. The summed E-state index contributed by atoms with van der Waals surface area (Å²) in [7, 11) is 0. The van der Waals surface area contributed by atoms with Crippen LogP contribution in [0.15, 0.2) is 47.1 Å². The van der Waals surface area contributed by atoms with Crippen molar-refractivity contribution in [3.8, 4) is 0 Å². The Bertz CT molecular complexity index is 777. The molecule has 2 heterocycles. The molecular weight excluding hydrogens is 348 g/mol. The van der Waals surface area contributed by atoms with Gasteiger partial charge in [-0.1, -0.05) is 12.1 Å². The largest absolute Gasteiger partial charge is 0.461 e. The quantitative estimate of drug-likeness (QED) is 0.756. The highest BCUT2D eigenvalue weighted by Crippen LogP contribution is 2.14. The van der Waals surface area contributed by atoms with E-state index in [4.69, 9.17) is 9.15 Å². The molecule has 1 saturated heterocycles. The van der Waals surface area contributed by atoms with Crippen molar-refractivity contribution in [2.75, 3.05) is 19.6 Å². The molecule has 0 saturated carbocycles. The molecule has 142 valence electrons. The third-order valence-corrected chi connectivity index (χ3v) is 4.35. The average Bonchev–Trinajstić information content (AvgIpc) is 3.40. The van der Waals surface area contributed by atoms with Crippen LogP contribution >= 0.6 is 0 Å². The van der Waals surface area contributed by atoms with E-state index >= 15 is 0 Å². The second-order valence-corrected chi connectivity index (χ2v) is 6.34. The number of amides is 2. The number of benzene rings is 1. The maximum Gasteiger partial charge on any atom is 0.307 e. The summed E-state index contributed by atoms with van der Waals surface area (Å²) in [5, 5.41) is 2.59. The number of hydrogen-bond acceptors (Lipinski definition) is 5. The van der Waals surface area contributed by atoms with Gasteiger partial charge in [-0.2, -0.15) is 0 Å². The van der Waals surface area contributed by atoms with Gasteiger partial charge in [-0.05, 0) is 42.7 Å². The highest BCUT2D eigenvalue weighted by Gasteiger charge is 2.19. The summed E-state index contributed by atoms with van der Waals surface area (Å²) >= 11 is 0. The highest BCUT2D eigenvalue weighted by molar-refractivity contribution is 5.94. The van der Waals surface area contributed by atoms with Crippen molar-refractivity contribution in [3.63, 3.8) is 0 Å². The monoisotopic (exact) mass is 370 g/mol. The van der Waals surface area contributed by atoms with Crippen LogP contribution in [-0.4, -0.2) is 42.3 Å². The molecule has 2 amide bonds. The predicted molar refractivity (Wildman–Crippen MR) is 97.0 cm³/mol. The first-order chi connectivity index (χ1) is 13.1. The number of carbonyl (C=O) groups excluding carboxylic acids is 3. The number of likely N-dealkylation sites (tertiary alicyclic amines) is 1. The lowest BCUT2D eigenvalue weighted by Crippen LogP contribution is -2.27. The summed E-state index contributed by atoms with van der Waals surface area (Å²) in [4.78, 5) is 37.6. The molecule has 1 aliphatic rings. The molecule has 7 heteroatoms. The SMILES string of the molecule is O=C(CCNC(=O)c1ccco1)OCc1ccc(C(=O)N2CCCC2)cc1. The smallest absolute Gasteiger partial charge is 0.307 e. The van der Waals surface area contributed by atoms with Gasteiger partial charge >= 0.3 is 5.97 Å². The summed E-state index contributed by atoms with van der Waals surface area (Å²) < 4.78 is 10.2. The number of rotatable bonds is 7. The molecule has 1 aromatic heterocycles. The van der Waals surface area contributed by atoms with Crippen LogP contribution in [0, 0.1) is 0 Å². The van der Waals surface area contributed by atoms with Crippen molar-refractivity contribution < 1.29 is 23.5 Å². The molecule has 3 rings (SSSR count). The maximum atomic E-state index is 12.3. The summed E-state index contributed by atoms with van der Waals surface area (Å²) in [6.07, 6.45) is 3.59. The minimum absolute atomic E-state index is 0.0448. The molecule has 1 N–H and O–H groups in total. The second-order valence-electron chi connectivity index (χ2n) is 6.34. The van der Waals surface area contributed by atoms with Crippen molar-refractivity contribution in [2.45, 2.75) is 25.9 Å². The number of carbonyl (C=O) groups is 3. The van der Waals surface area contributed by atoms with Gasteiger partial charge in [-0.25, -0.2) is 0 Å². The molecule has 0 aliphatic carbocycles. The Morgan fingerprint density at radius 2 is 1.81 bits per heavy atom. The molecular formula is C20H22N2O5. The van der Waals surface area contributed by atoms with Gasteiger partial charge in [-0.15, -0.1) is 0 Å². The van der Waals surface area contributed by atoms with Gasteiger partial charge in [0.25, 0.3) is 11.8 Å². The molecule has 1 aliphatic heterocycles. The van der Waals surface area contributed by atoms with Crippen LogP contribution in [0.25, 0.3) is 0 Å². The van der Waals surface area contributed by atoms with Crippen LogP contribution < -0.4 is 5.32 Å². The van der Waals surface area contributed by atoms with E-state index in [0.29, 0.717) is 5.56 Å². The fourth-order valence-electron chi connectivity index (χ4n) is 2.86. The Labute approximate surface area is 157 Å². The minimum atomic E-state index is -0.410. The fourth-order valence-corrected chi connectivity index (χ4v) is 2.86. The second kappa shape index (κ2) is 9.02. The number of furan rings is 1. The summed E-state index contributed by atoms with van der Waals surface area (Å²) in [5.74, 6) is -0.534. The van der Waals surface area contributed by atoms with Crippen LogP contribution in [-0.2, 0) is 16.1 Å². The first-order valence-corrected chi connectivity index (χ1v) is 8.99. The fraction of sp³-hybridized carbons (Fsp3) is 0.350. The van der Waals surface area contributed by atoms with E-state index in [1.54, 1.807) is 36.4 Å². The molecule has 0 unspecified atom stereocenters. The first-order valence-electron chi connectivity index (χ1n) is 8.99. The molecule has 0 bridgehead atoms. The molecule has 1 aromatic carbocycles.